The second-order valence-corrected chi connectivity index (χ2v) is 11.4. The molecule has 1 aliphatic rings. The molecule has 11 heteroatoms. The van der Waals surface area contributed by atoms with Gasteiger partial charge in [-0.1, -0.05) is 0 Å². The van der Waals surface area contributed by atoms with Crippen LogP contribution in [-0.4, -0.2) is 48.6 Å². The molecule has 34 heavy (non-hydrogen) atoms. The Labute approximate surface area is 204 Å². The summed E-state index contributed by atoms with van der Waals surface area (Å²) in [5.74, 6) is -0.529. The molecule has 1 heterocycles. The highest BCUT2D eigenvalue weighted by Gasteiger charge is 2.34. The van der Waals surface area contributed by atoms with Crippen molar-refractivity contribution in [3.8, 4) is 17.0 Å². The average Bonchev–Trinajstić information content (AvgIpc) is 3.37. The molecule has 0 bridgehead atoms. The van der Waals surface area contributed by atoms with Gasteiger partial charge in [-0.3, -0.25) is 14.2 Å². The number of carbonyl (C=O) groups excluding carboxylic acids is 2. The van der Waals surface area contributed by atoms with Crippen molar-refractivity contribution in [2.45, 2.75) is 60.0 Å². The predicted octanol–water partition coefficient (Wildman–Crippen LogP) is 3.94. The molecule has 0 aliphatic heterocycles. The van der Waals surface area contributed by atoms with E-state index in [9.17, 15) is 14.2 Å². The number of esters is 2. The van der Waals surface area contributed by atoms with Gasteiger partial charge in [-0.15, -0.1) is 11.3 Å². The fraction of sp³-hybridized carbons (Fsp3) is 0.522. The maximum atomic E-state index is 13.9. The van der Waals surface area contributed by atoms with E-state index in [0.29, 0.717) is 5.75 Å². The summed E-state index contributed by atoms with van der Waals surface area (Å²) < 4.78 is 30.1. The van der Waals surface area contributed by atoms with Gasteiger partial charge in [-0.05, 0) is 64.3 Å². The molecule has 0 saturated heterocycles. The number of aromatic nitrogens is 1. The topological polar surface area (TPSA) is 116 Å². The number of nitrogens with zero attached hydrogens (tertiary/aromatic N) is 1. The van der Waals surface area contributed by atoms with Gasteiger partial charge in [-0.25, -0.2) is 15.2 Å². The van der Waals surface area contributed by atoms with Crippen LogP contribution in [0.4, 0.5) is 0 Å². The molecule has 0 spiro atoms. The lowest BCUT2D eigenvalue weighted by atomic mass is 9.98. The molecule has 0 unspecified atom stereocenters. The van der Waals surface area contributed by atoms with E-state index in [-0.39, 0.29) is 19.6 Å². The molecule has 9 nitrogen and oxygen atoms in total. The largest absolute Gasteiger partial charge is 0.482 e. The lowest BCUT2D eigenvalue weighted by molar-refractivity contribution is -0.145. The molecule has 0 saturated carbocycles. The first kappa shape index (κ1) is 26.3. The number of nitrogens with one attached hydrogen (secondary N) is 2. The van der Waals surface area contributed by atoms with Crippen molar-refractivity contribution in [2.75, 3.05) is 19.6 Å². The third-order valence-corrected chi connectivity index (χ3v) is 8.58. The Morgan fingerprint density at radius 2 is 1.71 bits per heavy atom. The smallest absolute Gasteiger partial charge is 0.323 e. The van der Waals surface area contributed by atoms with Crippen LogP contribution in [0, 0.1) is 13.8 Å². The molecule has 2 N–H and O–H groups in total. The molecule has 2 aromatic rings. The number of ether oxygens (including phenoxy) is 3. The van der Waals surface area contributed by atoms with Gasteiger partial charge in [0.25, 0.3) is 0 Å². The highest BCUT2D eigenvalue weighted by atomic mass is 32.1. The van der Waals surface area contributed by atoms with E-state index in [1.807, 2.05) is 18.5 Å². The molecule has 0 amide bonds. The zero-order chi connectivity index (χ0) is 25.0. The average molecular weight is 510 g/mol. The minimum Gasteiger partial charge on any atom is -0.482 e. The second kappa shape index (κ2) is 11.0. The van der Waals surface area contributed by atoms with E-state index in [2.05, 4.69) is 22.1 Å². The number of thiazole rings is 1. The van der Waals surface area contributed by atoms with Crippen LogP contribution in [-0.2, 0) is 30.0 Å². The number of hydrogen-bond donors (Lipinski definition) is 2. The Hall–Kier alpha value is -2.26. The number of rotatable bonds is 11. The van der Waals surface area contributed by atoms with Crippen molar-refractivity contribution in [2.24, 2.45) is 0 Å². The lowest BCUT2D eigenvalue weighted by Crippen LogP contribution is -2.43. The van der Waals surface area contributed by atoms with Crippen LogP contribution in [0.15, 0.2) is 11.6 Å². The van der Waals surface area contributed by atoms with Crippen molar-refractivity contribution in [1.82, 2.24) is 15.2 Å². The molecule has 1 aliphatic carbocycles. The van der Waals surface area contributed by atoms with Crippen molar-refractivity contribution in [3.05, 3.63) is 33.1 Å². The number of benzene rings is 1. The Bertz CT molecular complexity index is 1090. The van der Waals surface area contributed by atoms with E-state index < -0.39 is 31.5 Å². The summed E-state index contributed by atoms with van der Waals surface area (Å²) in [7, 11) is -3.62. The quantitative estimate of drug-likeness (QED) is 0.293. The Balaban J connectivity index is 1.88. The van der Waals surface area contributed by atoms with Gasteiger partial charge in [0, 0.05) is 16.9 Å². The Morgan fingerprint density at radius 3 is 2.26 bits per heavy atom. The maximum absolute atomic E-state index is 13.9. The van der Waals surface area contributed by atoms with Crippen LogP contribution in [0.5, 0.6) is 5.75 Å². The molecule has 1 aromatic heterocycles. The number of carbonyl (C=O) groups is 2. The van der Waals surface area contributed by atoms with Crippen LogP contribution in [0.25, 0.3) is 11.3 Å². The van der Waals surface area contributed by atoms with Crippen LogP contribution >= 0.6 is 18.8 Å². The maximum Gasteiger partial charge on any atom is 0.323 e. The highest BCUT2D eigenvalue weighted by molar-refractivity contribution is 7.59. The summed E-state index contributed by atoms with van der Waals surface area (Å²) in [5.41, 5.74) is 6.98. The number of hydrogen-bond acceptors (Lipinski definition) is 8. The summed E-state index contributed by atoms with van der Waals surface area (Å²) in [6.45, 7) is 11.0. The third-order valence-electron chi connectivity index (χ3n) is 5.64. The van der Waals surface area contributed by atoms with Gasteiger partial charge in [0.2, 0.25) is 7.44 Å². The Morgan fingerprint density at radius 1 is 1.12 bits per heavy atom. The fourth-order valence-corrected chi connectivity index (χ4v) is 6.63. The molecule has 3 rings (SSSR count). The van der Waals surface area contributed by atoms with Gasteiger partial charge >= 0.3 is 11.9 Å². The minimum absolute atomic E-state index is 0.197. The normalized spacial score (nSPS) is 14.2. The first-order valence-electron chi connectivity index (χ1n) is 11.3. The van der Waals surface area contributed by atoms with Gasteiger partial charge in [0.05, 0.1) is 24.4 Å². The number of aryl methyl sites for hydroxylation is 1. The molecule has 186 valence electrons. The summed E-state index contributed by atoms with van der Waals surface area (Å²) in [4.78, 5) is 30.1. The van der Waals surface area contributed by atoms with Gasteiger partial charge < -0.3 is 14.2 Å². The first-order valence-corrected chi connectivity index (χ1v) is 14.0. The van der Waals surface area contributed by atoms with E-state index in [1.165, 1.54) is 10.4 Å². The molecular weight excluding hydrogens is 477 g/mol. The van der Waals surface area contributed by atoms with Crippen LogP contribution in [0.2, 0.25) is 0 Å². The zero-order valence-electron chi connectivity index (χ0n) is 20.4. The first-order chi connectivity index (χ1) is 16.1. The van der Waals surface area contributed by atoms with Gasteiger partial charge in [-0.2, -0.15) is 0 Å². The van der Waals surface area contributed by atoms with E-state index in [4.69, 9.17) is 14.2 Å². The number of fused-ring (bicyclic) bond motifs is 3. The van der Waals surface area contributed by atoms with Gasteiger partial charge in [0.15, 0.2) is 6.35 Å². The monoisotopic (exact) mass is 509 g/mol. The Kier molecular flexibility index (Phi) is 8.52. The zero-order valence-corrected chi connectivity index (χ0v) is 22.1. The van der Waals surface area contributed by atoms with E-state index in [1.54, 1.807) is 39.0 Å². The van der Waals surface area contributed by atoms with Gasteiger partial charge in [0.1, 0.15) is 17.8 Å². The van der Waals surface area contributed by atoms with Crippen molar-refractivity contribution in [1.29, 1.82) is 0 Å². The SMILES string of the molecule is CCOC(=O)[C@H](C)NP(=O)(COc1cc(C)c(C)c2c1-c1ncsc1C2)N[C@@H](C)C(=O)OCC. The lowest BCUT2D eigenvalue weighted by Gasteiger charge is -2.27. The molecule has 1 aromatic carbocycles. The summed E-state index contributed by atoms with van der Waals surface area (Å²) in [5, 5.41) is 5.62. The minimum atomic E-state index is -3.62. The van der Waals surface area contributed by atoms with Crippen molar-refractivity contribution < 1.29 is 28.4 Å². The molecule has 0 fully saturated rings. The van der Waals surface area contributed by atoms with Crippen LogP contribution in [0.3, 0.4) is 0 Å². The predicted molar refractivity (Wildman–Crippen MR) is 131 cm³/mol. The van der Waals surface area contributed by atoms with Crippen LogP contribution < -0.4 is 14.9 Å². The second-order valence-electron chi connectivity index (χ2n) is 8.19. The van der Waals surface area contributed by atoms with E-state index >= 15 is 0 Å². The summed E-state index contributed by atoms with van der Waals surface area (Å²) >= 11 is 1.60. The third kappa shape index (κ3) is 5.68. The molecule has 0 radical (unpaired) electrons. The molecule has 2 atom stereocenters. The van der Waals surface area contributed by atoms with Crippen molar-refractivity contribution >= 4 is 30.7 Å². The standard InChI is InChI=1S/C23H32N3O6PS/c1-7-30-22(27)15(5)25-33(29,26-16(6)23(28)31-8-2)12-32-18-9-13(3)14(4)17-10-19-21(20(17)18)24-11-34-19/h9,11,15-16H,7-8,10,12H2,1-6H3,(H2,25,26,29)/t15-,16-/m0/s1. The summed E-state index contributed by atoms with van der Waals surface area (Å²) in [6, 6.07) is 0.148. The van der Waals surface area contributed by atoms with Crippen molar-refractivity contribution in [3.63, 3.8) is 0 Å². The highest BCUT2D eigenvalue weighted by Crippen LogP contribution is 2.47. The summed E-state index contributed by atoms with van der Waals surface area (Å²) in [6.07, 6.45) is 0.488. The molecular formula is C23H32N3O6PS. The van der Waals surface area contributed by atoms with E-state index in [0.717, 1.165) is 28.8 Å². The fourth-order valence-electron chi connectivity index (χ4n) is 3.84. The van der Waals surface area contributed by atoms with Crippen LogP contribution in [0.1, 0.15) is 49.3 Å².